The molecule has 68 heavy (non-hydrogen) atoms. The number of carbonyl (C=O) groups is 4. The number of likely N-dealkylation sites (tertiary alicyclic amines) is 2. The van der Waals surface area contributed by atoms with Crippen LogP contribution in [-0.2, 0) is 40.9 Å². The van der Waals surface area contributed by atoms with E-state index in [1.807, 2.05) is 56.3 Å². The molecule has 4 aromatic carbocycles. The molecule has 1 aromatic heterocycles. The molecule has 4 amide bonds. The first-order valence-corrected chi connectivity index (χ1v) is 22.8. The zero-order valence-electron chi connectivity index (χ0n) is 38.0. The summed E-state index contributed by atoms with van der Waals surface area (Å²) in [4.78, 5) is 69.0. The molecule has 5 aromatic rings. The van der Waals surface area contributed by atoms with Gasteiger partial charge in [-0.05, 0) is 76.4 Å². The molecule has 3 fully saturated rings. The first-order chi connectivity index (χ1) is 32.8. The van der Waals surface area contributed by atoms with Gasteiger partial charge >= 0.3 is 12.2 Å². The number of aromatic nitrogens is 2. The molecule has 0 saturated carbocycles. The molecular formula is C51H51F2N7O8. The third kappa shape index (κ3) is 7.96. The van der Waals surface area contributed by atoms with Gasteiger partial charge in [0.25, 0.3) is 5.92 Å². The van der Waals surface area contributed by atoms with E-state index in [4.69, 9.17) is 23.9 Å². The molecule has 15 nitrogen and oxygen atoms in total. The fourth-order valence-corrected chi connectivity index (χ4v) is 10.4. The number of halogens is 2. The summed E-state index contributed by atoms with van der Waals surface area (Å²) in [5.74, 6) is -4.81. The highest BCUT2D eigenvalue weighted by atomic mass is 19.3. The van der Waals surface area contributed by atoms with Crippen LogP contribution in [0.4, 0.5) is 24.1 Å². The summed E-state index contributed by atoms with van der Waals surface area (Å²) < 4.78 is 55.1. The number of carbonyl (C=O) groups excluding carboxylic acids is 4. The number of hydrogen-bond acceptors (Lipinski definition) is 10. The van der Waals surface area contributed by atoms with Gasteiger partial charge in [0, 0.05) is 41.8 Å². The van der Waals surface area contributed by atoms with Gasteiger partial charge in [0.2, 0.25) is 11.8 Å². The van der Waals surface area contributed by atoms with Gasteiger partial charge in [-0.2, -0.15) is 8.78 Å². The predicted molar refractivity (Wildman–Crippen MR) is 246 cm³/mol. The van der Waals surface area contributed by atoms with Crippen molar-refractivity contribution < 1.29 is 46.9 Å². The van der Waals surface area contributed by atoms with Crippen LogP contribution in [0.5, 0.6) is 0 Å². The number of imidazole rings is 1. The first kappa shape index (κ1) is 44.8. The first-order valence-electron chi connectivity index (χ1n) is 22.8. The van der Waals surface area contributed by atoms with Crippen molar-refractivity contribution in [2.75, 3.05) is 40.5 Å². The molecule has 3 N–H and O–H groups in total. The van der Waals surface area contributed by atoms with Crippen LogP contribution in [0, 0.1) is 5.92 Å². The second-order valence-corrected chi connectivity index (χ2v) is 18.2. The summed E-state index contributed by atoms with van der Waals surface area (Å²) in [6.45, 7) is 5.00. The zero-order chi connectivity index (χ0) is 47.5. The number of benzene rings is 4. The van der Waals surface area contributed by atoms with Gasteiger partial charge in [-0.15, -0.1) is 0 Å². The average Bonchev–Trinajstić information content (AvgIpc) is 4.23. The van der Waals surface area contributed by atoms with E-state index in [2.05, 4.69) is 20.6 Å². The lowest BCUT2D eigenvalue weighted by Gasteiger charge is -2.30. The average molecular weight is 928 g/mol. The second kappa shape index (κ2) is 17.6. The van der Waals surface area contributed by atoms with E-state index in [0.717, 1.165) is 35.4 Å². The number of amides is 4. The maximum atomic E-state index is 16.7. The Bertz CT molecular complexity index is 2840. The number of ether oxygens (including phenoxy) is 4. The van der Waals surface area contributed by atoms with Crippen LogP contribution in [0.25, 0.3) is 33.5 Å². The van der Waals surface area contributed by atoms with Crippen molar-refractivity contribution in [2.45, 2.75) is 75.4 Å². The molecule has 0 radical (unpaired) electrons. The number of methoxy groups -OCH3 is 2. The van der Waals surface area contributed by atoms with Crippen LogP contribution < -0.4 is 10.6 Å². The summed E-state index contributed by atoms with van der Waals surface area (Å²) >= 11 is 0. The Morgan fingerprint density at radius 3 is 2.18 bits per heavy atom. The molecule has 10 rings (SSSR count). The minimum absolute atomic E-state index is 0.0965. The van der Waals surface area contributed by atoms with E-state index >= 15 is 8.78 Å². The van der Waals surface area contributed by atoms with Crippen molar-refractivity contribution in [3.05, 3.63) is 119 Å². The highest BCUT2D eigenvalue weighted by Gasteiger charge is 2.53. The normalized spacial score (nSPS) is 20.4. The van der Waals surface area contributed by atoms with E-state index in [1.54, 1.807) is 52.4 Å². The lowest BCUT2D eigenvalue weighted by atomic mass is 9.95. The molecule has 352 valence electrons. The van der Waals surface area contributed by atoms with Gasteiger partial charge in [0.1, 0.15) is 17.9 Å². The van der Waals surface area contributed by atoms with Crippen LogP contribution in [0.15, 0.2) is 96.1 Å². The van der Waals surface area contributed by atoms with Crippen molar-refractivity contribution in [1.82, 2.24) is 30.4 Å². The van der Waals surface area contributed by atoms with Crippen LogP contribution in [0.2, 0.25) is 0 Å². The fraction of sp³-hybridized carbons (Fsp3) is 0.373. The van der Waals surface area contributed by atoms with Crippen molar-refractivity contribution >= 4 is 35.4 Å². The number of nitrogens with zero attached hydrogens (tertiary/aromatic N) is 4. The number of alkyl carbamates (subject to hydrolysis) is 2. The summed E-state index contributed by atoms with van der Waals surface area (Å²) in [5.41, 5.74) is 6.22. The molecule has 3 saturated heterocycles. The standard InChI is InChI=1S/C51H51F2N7O8/c1-28(2)43(57-48(63)65-3)46(61)60-27-50(67-19-20-68-50)25-42(60)45-54-26-40(56-45)32-13-16-35-34-15-12-31(22-36(34)51(52,53)37(35)23-32)30-14-17-38-33(21-30)24-39(55-38)41-11-8-18-59(41)47(62)44(58-49(64)66-4)29-9-6-5-7-10-29/h5-7,9-10,12-17,21-23,26,28,41-44H,8,11,18-20,24-25,27H2,1-4H3,(H,54,56)(H,57,63)(H,58,64)/t41-,42-,43-,44+/m0/s1. The Hall–Kier alpha value is -6.98. The summed E-state index contributed by atoms with van der Waals surface area (Å²) in [5, 5.41) is 5.36. The smallest absolute Gasteiger partial charge is 0.407 e. The summed E-state index contributed by atoms with van der Waals surface area (Å²) in [6, 6.07) is 22.2. The minimum Gasteiger partial charge on any atom is -0.453 e. The van der Waals surface area contributed by atoms with E-state index < -0.39 is 42.0 Å². The number of aliphatic imine (C=N–C) groups is 1. The van der Waals surface area contributed by atoms with Crippen LogP contribution in [0.3, 0.4) is 0 Å². The Morgan fingerprint density at radius 2 is 1.47 bits per heavy atom. The van der Waals surface area contributed by atoms with E-state index in [0.29, 0.717) is 65.5 Å². The van der Waals surface area contributed by atoms with Gasteiger partial charge in [-0.3, -0.25) is 14.6 Å². The SMILES string of the molecule is COC(=O)N[C@H](C(=O)N1CC2(C[C@H]1c1ncc(-c3ccc4c(c3)C(F)(F)c3cc(-c5ccc6c(c5)CC([C@@H]5CCCN5C(=O)[C@H](NC(=O)OC)c5ccccc5)=N6)ccc3-4)[nH]1)OCCO2)C(C)C. The number of H-pyrrole nitrogens is 1. The third-order valence-electron chi connectivity index (χ3n) is 13.8. The van der Waals surface area contributed by atoms with Crippen LogP contribution >= 0.6 is 0 Å². The van der Waals surface area contributed by atoms with Gasteiger partial charge in [0.15, 0.2) is 5.79 Å². The Morgan fingerprint density at radius 1 is 0.809 bits per heavy atom. The highest BCUT2D eigenvalue weighted by Crippen LogP contribution is 2.53. The largest absolute Gasteiger partial charge is 0.453 e. The van der Waals surface area contributed by atoms with Gasteiger partial charge < -0.3 is 44.4 Å². The number of hydrogen-bond donors (Lipinski definition) is 3. The highest BCUT2D eigenvalue weighted by molar-refractivity contribution is 6.01. The quantitative estimate of drug-likeness (QED) is 0.125. The molecule has 5 aliphatic rings. The number of nitrogens with one attached hydrogen (secondary N) is 3. The van der Waals surface area contributed by atoms with E-state index in [9.17, 15) is 19.2 Å². The number of rotatable bonds is 10. The Balaban J connectivity index is 0.865. The van der Waals surface area contributed by atoms with Gasteiger partial charge in [-0.1, -0.05) is 74.5 Å². The fourth-order valence-electron chi connectivity index (χ4n) is 10.4. The van der Waals surface area contributed by atoms with E-state index in [1.165, 1.54) is 20.3 Å². The van der Waals surface area contributed by atoms with Gasteiger partial charge in [-0.25, -0.2) is 14.6 Å². The Labute approximate surface area is 391 Å². The predicted octanol–water partition coefficient (Wildman–Crippen LogP) is 7.98. The monoisotopic (exact) mass is 927 g/mol. The Kier molecular flexibility index (Phi) is 11.6. The molecule has 1 spiro atoms. The topological polar surface area (TPSA) is 177 Å². The number of fused-ring (bicyclic) bond motifs is 4. The second-order valence-electron chi connectivity index (χ2n) is 18.2. The maximum absolute atomic E-state index is 16.7. The van der Waals surface area contributed by atoms with Crippen molar-refractivity contribution in [2.24, 2.45) is 10.9 Å². The van der Waals surface area contributed by atoms with E-state index in [-0.39, 0.29) is 47.9 Å². The summed E-state index contributed by atoms with van der Waals surface area (Å²) in [7, 11) is 2.49. The molecule has 4 atom stereocenters. The molecule has 0 unspecified atom stereocenters. The third-order valence-corrected chi connectivity index (χ3v) is 13.8. The van der Waals surface area contributed by atoms with Crippen molar-refractivity contribution in [1.29, 1.82) is 0 Å². The van der Waals surface area contributed by atoms with Crippen molar-refractivity contribution in [3.63, 3.8) is 0 Å². The van der Waals surface area contributed by atoms with Crippen LogP contribution in [-0.4, -0.2) is 108 Å². The molecule has 1 aliphatic carbocycles. The van der Waals surface area contributed by atoms with Gasteiger partial charge in [0.05, 0.1) is 63.6 Å². The molecule has 4 aliphatic heterocycles. The molecule has 5 heterocycles. The molecule has 17 heteroatoms. The molecule has 0 bridgehead atoms. The summed E-state index contributed by atoms with van der Waals surface area (Å²) in [6.07, 6.45) is 2.40. The lowest BCUT2D eigenvalue weighted by molar-refractivity contribution is -0.153. The van der Waals surface area contributed by atoms with Crippen LogP contribution in [0.1, 0.15) is 73.3 Å². The number of alkyl halides is 2. The lowest BCUT2D eigenvalue weighted by Crippen LogP contribution is -2.52. The van der Waals surface area contributed by atoms with Crippen molar-refractivity contribution in [3.8, 4) is 33.5 Å². The molecular weight excluding hydrogens is 877 g/mol. The zero-order valence-corrected chi connectivity index (χ0v) is 38.0. The number of aromatic amines is 1. The maximum Gasteiger partial charge on any atom is 0.407 e. The minimum atomic E-state index is -3.32.